The molecule has 1 aromatic rings. The van der Waals surface area contributed by atoms with Crippen LogP contribution in [0.4, 0.5) is 4.79 Å². The number of hydrogen-bond acceptors (Lipinski definition) is 6. The molecule has 0 saturated heterocycles. The second-order valence-corrected chi connectivity index (χ2v) is 10.3. The lowest BCUT2D eigenvalue weighted by Gasteiger charge is -2.44. The van der Waals surface area contributed by atoms with Crippen LogP contribution in [0.3, 0.4) is 0 Å². The number of amides is 3. The highest BCUT2D eigenvalue weighted by Gasteiger charge is 2.42. The van der Waals surface area contributed by atoms with Gasteiger partial charge in [-0.2, -0.15) is 0 Å². The largest absolute Gasteiger partial charge is 0.468 e. The minimum Gasteiger partial charge on any atom is -0.468 e. The smallest absolute Gasteiger partial charge is 0.408 e. The molecular weight excluding hydrogens is 450 g/mol. The van der Waals surface area contributed by atoms with Crippen LogP contribution in [-0.4, -0.2) is 59.6 Å². The zero-order chi connectivity index (χ0) is 27.1. The molecule has 0 spiro atoms. The average molecular weight is 492 g/mol. The Morgan fingerprint density at radius 2 is 1.63 bits per heavy atom. The summed E-state index contributed by atoms with van der Waals surface area (Å²) in [5.74, 6) is -1.60. The van der Waals surface area contributed by atoms with Gasteiger partial charge in [0.1, 0.15) is 24.2 Å². The van der Waals surface area contributed by atoms with E-state index in [1.165, 1.54) is 12.0 Å². The Labute approximate surface area is 208 Å². The van der Waals surface area contributed by atoms with Crippen LogP contribution in [-0.2, 0) is 23.9 Å². The number of nitrogens with zero attached hydrogens (tertiary/aromatic N) is 1. The molecule has 0 bridgehead atoms. The molecule has 0 radical (unpaired) electrons. The van der Waals surface area contributed by atoms with E-state index in [9.17, 15) is 19.2 Å². The third kappa shape index (κ3) is 8.56. The molecule has 0 heterocycles. The highest BCUT2D eigenvalue weighted by molar-refractivity contribution is 5.93. The Balaban J connectivity index is 3.51. The van der Waals surface area contributed by atoms with Gasteiger partial charge in [0.15, 0.2) is 0 Å². The molecule has 196 valence electrons. The van der Waals surface area contributed by atoms with Crippen molar-refractivity contribution in [2.75, 3.05) is 13.7 Å². The molecule has 0 saturated carbocycles. The molecule has 1 rings (SSSR count). The second kappa shape index (κ2) is 12.0. The number of aryl methyl sites for hydroxylation is 2. The number of carbonyl (C=O) groups is 4. The van der Waals surface area contributed by atoms with Crippen molar-refractivity contribution in [3.05, 3.63) is 34.9 Å². The molecule has 0 aliphatic heterocycles. The van der Waals surface area contributed by atoms with Gasteiger partial charge in [-0.1, -0.05) is 25.1 Å². The molecule has 35 heavy (non-hydrogen) atoms. The van der Waals surface area contributed by atoms with Gasteiger partial charge in [-0.15, -0.1) is 0 Å². The van der Waals surface area contributed by atoms with Crippen molar-refractivity contribution in [3.63, 3.8) is 0 Å². The summed E-state index contributed by atoms with van der Waals surface area (Å²) < 4.78 is 9.94. The Hall–Kier alpha value is -3.10. The molecule has 2 N–H and O–H groups in total. The predicted octanol–water partition coefficient (Wildman–Crippen LogP) is 3.56. The average Bonchev–Trinajstić information content (AvgIpc) is 2.75. The number of hydrogen-bond donors (Lipinski definition) is 2. The van der Waals surface area contributed by atoms with Crippen LogP contribution in [0.2, 0.25) is 0 Å². The Bertz CT molecular complexity index is 936. The van der Waals surface area contributed by atoms with Gasteiger partial charge in [0.25, 0.3) is 0 Å². The van der Waals surface area contributed by atoms with Gasteiger partial charge in [0.05, 0.1) is 7.11 Å². The fraction of sp³-hybridized carbons (Fsp3) is 0.615. The maximum Gasteiger partial charge on any atom is 0.408 e. The summed E-state index contributed by atoms with van der Waals surface area (Å²) in [4.78, 5) is 52.8. The first-order valence-electron chi connectivity index (χ1n) is 11.8. The van der Waals surface area contributed by atoms with Gasteiger partial charge in [-0.05, 0) is 78.5 Å². The Kier molecular flexibility index (Phi) is 10.3. The summed E-state index contributed by atoms with van der Waals surface area (Å²) >= 11 is 0. The van der Waals surface area contributed by atoms with Crippen LogP contribution in [0, 0.1) is 13.8 Å². The number of methoxy groups -OCH3 is 1. The van der Waals surface area contributed by atoms with Crippen molar-refractivity contribution in [2.24, 2.45) is 0 Å². The lowest BCUT2D eigenvalue weighted by molar-refractivity contribution is -0.149. The maximum absolute atomic E-state index is 13.8. The quantitative estimate of drug-likeness (QED) is 0.511. The molecule has 3 amide bonds. The van der Waals surface area contributed by atoms with E-state index in [0.29, 0.717) is 12.0 Å². The van der Waals surface area contributed by atoms with Crippen molar-refractivity contribution in [2.45, 2.75) is 92.0 Å². The van der Waals surface area contributed by atoms with E-state index in [4.69, 9.17) is 4.74 Å². The fourth-order valence-corrected chi connectivity index (χ4v) is 3.38. The first-order valence-corrected chi connectivity index (χ1v) is 11.8. The van der Waals surface area contributed by atoms with E-state index in [-0.39, 0.29) is 6.54 Å². The summed E-state index contributed by atoms with van der Waals surface area (Å²) in [5.41, 5.74) is 1.08. The first-order chi connectivity index (χ1) is 16.0. The van der Waals surface area contributed by atoms with Gasteiger partial charge >= 0.3 is 12.1 Å². The number of rotatable bonds is 9. The molecule has 2 atom stereocenters. The maximum atomic E-state index is 13.8. The molecule has 2 unspecified atom stereocenters. The van der Waals surface area contributed by atoms with E-state index >= 15 is 0 Å². The standard InChI is InChI=1S/C26H41N3O6/c1-11-26(8,9)29(23(32)18(4)28-24(33)35-25(5,6)7)21(22(31)27-15-20(30)34-10)19-13-12-16(2)17(3)14-19/h12-14,18,21H,11,15H2,1-10H3,(H,27,31)(H,28,33). The van der Waals surface area contributed by atoms with Crippen LogP contribution in [0.1, 0.15) is 77.6 Å². The Morgan fingerprint density at radius 3 is 2.11 bits per heavy atom. The van der Waals surface area contributed by atoms with E-state index in [1.807, 2.05) is 46.8 Å². The van der Waals surface area contributed by atoms with Crippen LogP contribution in [0.25, 0.3) is 0 Å². The van der Waals surface area contributed by atoms with Gasteiger partial charge in [-0.3, -0.25) is 14.4 Å². The second-order valence-electron chi connectivity index (χ2n) is 10.3. The van der Waals surface area contributed by atoms with E-state index in [1.54, 1.807) is 33.8 Å². The first kappa shape index (κ1) is 29.9. The SMILES string of the molecule is CCC(C)(C)N(C(=O)C(C)NC(=O)OC(C)(C)C)C(C(=O)NCC(=O)OC)c1ccc(C)c(C)c1. The summed E-state index contributed by atoms with van der Waals surface area (Å²) in [5, 5.41) is 5.17. The summed E-state index contributed by atoms with van der Waals surface area (Å²) in [7, 11) is 1.23. The van der Waals surface area contributed by atoms with E-state index < -0.39 is 47.1 Å². The predicted molar refractivity (Wildman–Crippen MR) is 134 cm³/mol. The number of alkyl carbamates (subject to hydrolysis) is 1. The minimum atomic E-state index is -1.05. The zero-order valence-corrected chi connectivity index (χ0v) is 22.7. The normalized spacial score (nSPS) is 13.3. The van der Waals surface area contributed by atoms with Crippen molar-refractivity contribution in [3.8, 4) is 0 Å². The summed E-state index contributed by atoms with van der Waals surface area (Å²) in [6, 6.07) is 3.51. The highest BCUT2D eigenvalue weighted by atomic mass is 16.6. The number of nitrogens with one attached hydrogen (secondary N) is 2. The topological polar surface area (TPSA) is 114 Å². The molecule has 9 heteroatoms. The van der Waals surface area contributed by atoms with Gasteiger partial charge in [0.2, 0.25) is 11.8 Å². The summed E-state index contributed by atoms with van der Waals surface area (Å²) in [6.45, 7) is 15.9. The van der Waals surface area contributed by atoms with Crippen LogP contribution in [0.15, 0.2) is 18.2 Å². The minimum absolute atomic E-state index is 0.336. The van der Waals surface area contributed by atoms with Crippen molar-refractivity contribution >= 4 is 23.9 Å². The number of carbonyl (C=O) groups excluding carboxylic acids is 4. The molecule has 0 aliphatic rings. The van der Waals surface area contributed by atoms with Crippen molar-refractivity contribution in [1.82, 2.24) is 15.5 Å². The molecular formula is C26H41N3O6. The lowest BCUT2D eigenvalue weighted by Crippen LogP contribution is -2.58. The van der Waals surface area contributed by atoms with Crippen LogP contribution < -0.4 is 10.6 Å². The third-order valence-electron chi connectivity index (χ3n) is 5.85. The fourth-order valence-electron chi connectivity index (χ4n) is 3.38. The van der Waals surface area contributed by atoms with Gasteiger partial charge < -0.3 is 25.0 Å². The molecule has 9 nitrogen and oxygen atoms in total. The number of esters is 1. The van der Waals surface area contributed by atoms with E-state index in [2.05, 4.69) is 15.4 Å². The van der Waals surface area contributed by atoms with Crippen LogP contribution >= 0.6 is 0 Å². The highest BCUT2D eigenvalue weighted by Crippen LogP contribution is 2.33. The number of ether oxygens (including phenoxy) is 2. The third-order valence-corrected chi connectivity index (χ3v) is 5.85. The molecule has 0 aromatic heterocycles. The molecule has 1 aromatic carbocycles. The zero-order valence-electron chi connectivity index (χ0n) is 22.7. The Morgan fingerprint density at radius 1 is 1.03 bits per heavy atom. The summed E-state index contributed by atoms with van der Waals surface area (Å²) in [6.07, 6.45) is -0.200. The lowest BCUT2D eigenvalue weighted by atomic mass is 9.91. The van der Waals surface area contributed by atoms with Crippen molar-refractivity contribution < 1.29 is 28.7 Å². The molecule has 0 aliphatic carbocycles. The van der Waals surface area contributed by atoms with Gasteiger partial charge in [-0.25, -0.2) is 4.79 Å². The monoisotopic (exact) mass is 491 g/mol. The van der Waals surface area contributed by atoms with Gasteiger partial charge in [0, 0.05) is 5.54 Å². The van der Waals surface area contributed by atoms with Crippen LogP contribution in [0.5, 0.6) is 0 Å². The van der Waals surface area contributed by atoms with Crippen molar-refractivity contribution in [1.29, 1.82) is 0 Å². The number of benzene rings is 1. The van der Waals surface area contributed by atoms with E-state index in [0.717, 1.165) is 11.1 Å². The molecule has 0 fully saturated rings.